The van der Waals surface area contributed by atoms with Crippen LogP contribution in [-0.4, -0.2) is 18.5 Å². The van der Waals surface area contributed by atoms with Crippen molar-refractivity contribution in [2.75, 3.05) is 22.1 Å². The molecule has 0 unspecified atom stereocenters. The highest BCUT2D eigenvalue weighted by molar-refractivity contribution is 6.00. The summed E-state index contributed by atoms with van der Waals surface area (Å²) in [7, 11) is 0. The van der Waals surface area contributed by atoms with E-state index in [1.165, 1.54) is 5.56 Å². The normalized spacial score (nSPS) is 14.8. The van der Waals surface area contributed by atoms with Crippen LogP contribution in [0.25, 0.3) is 0 Å². The summed E-state index contributed by atoms with van der Waals surface area (Å²) in [6.45, 7) is 7.23. The fourth-order valence-corrected chi connectivity index (χ4v) is 3.15. The monoisotopic (exact) mass is 365 g/mol. The Hall–Kier alpha value is -2.82. The summed E-state index contributed by atoms with van der Waals surface area (Å²) in [4.78, 5) is 26.0. The lowest BCUT2D eigenvalue weighted by atomic mass is 9.87. The molecule has 3 amide bonds. The van der Waals surface area contributed by atoms with Crippen LogP contribution >= 0.6 is 0 Å². The van der Waals surface area contributed by atoms with Gasteiger partial charge in [0, 0.05) is 30.0 Å². The first-order valence-corrected chi connectivity index (χ1v) is 9.42. The number of rotatable bonds is 3. The predicted molar refractivity (Wildman–Crippen MR) is 110 cm³/mol. The SMILES string of the molecule is CC(C)(C)c1ccc(NC(=O)Nc2ccc(N3CCCCC3=O)cc2)cc1. The van der Waals surface area contributed by atoms with Gasteiger partial charge in [-0.15, -0.1) is 0 Å². The Kier molecular flexibility index (Phi) is 5.49. The number of nitrogens with one attached hydrogen (secondary N) is 2. The Bertz CT molecular complexity index is 805. The van der Waals surface area contributed by atoms with Gasteiger partial charge in [0.25, 0.3) is 0 Å². The van der Waals surface area contributed by atoms with Crippen LogP contribution in [-0.2, 0) is 10.2 Å². The quantitative estimate of drug-likeness (QED) is 0.790. The van der Waals surface area contributed by atoms with E-state index in [4.69, 9.17) is 0 Å². The zero-order valence-corrected chi connectivity index (χ0v) is 16.2. The second-order valence-electron chi connectivity index (χ2n) is 7.96. The van der Waals surface area contributed by atoms with E-state index in [0.717, 1.165) is 30.8 Å². The third-order valence-corrected chi connectivity index (χ3v) is 4.77. The Morgan fingerprint density at radius 1 is 0.889 bits per heavy atom. The van der Waals surface area contributed by atoms with Crippen molar-refractivity contribution in [1.82, 2.24) is 0 Å². The number of anilines is 3. The smallest absolute Gasteiger partial charge is 0.312 e. The van der Waals surface area contributed by atoms with Gasteiger partial charge in [-0.1, -0.05) is 32.9 Å². The number of piperidine rings is 1. The van der Waals surface area contributed by atoms with Crippen LogP contribution in [0.2, 0.25) is 0 Å². The number of nitrogens with zero attached hydrogens (tertiary/aromatic N) is 1. The number of carbonyl (C=O) groups excluding carboxylic acids is 2. The number of benzene rings is 2. The first-order chi connectivity index (χ1) is 12.8. The molecule has 0 atom stereocenters. The summed E-state index contributed by atoms with van der Waals surface area (Å²) < 4.78 is 0. The van der Waals surface area contributed by atoms with Crippen LogP contribution in [0.1, 0.15) is 45.6 Å². The lowest BCUT2D eigenvalue weighted by molar-refractivity contribution is -0.119. The third-order valence-electron chi connectivity index (χ3n) is 4.77. The fourth-order valence-electron chi connectivity index (χ4n) is 3.15. The van der Waals surface area contributed by atoms with Crippen molar-refractivity contribution in [2.24, 2.45) is 0 Å². The Labute approximate surface area is 160 Å². The molecule has 27 heavy (non-hydrogen) atoms. The summed E-state index contributed by atoms with van der Waals surface area (Å²) in [5, 5.41) is 5.66. The zero-order valence-electron chi connectivity index (χ0n) is 16.2. The van der Waals surface area contributed by atoms with E-state index >= 15 is 0 Å². The minimum absolute atomic E-state index is 0.0816. The van der Waals surface area contributed by atoms with E-state index in [9.17, 15) is 9.59 Å². The third kappa shape index (κ3) is 4.88. The summed E-state index contributed by atoms with van der Waals surface area (Å²) in [6, 6.07) is 15.0. The lowest BCUT2D eigenvalue weighted by Crippen LogP contribution is -2.35. The molecule has 0 radical (unpaired) electrons. The molecule has 142 valence electrons. The van der Waals surface area contributed by atoms with E-state index in [1.54, 1.807) is 0 Å². The van der Waals surface area contributed by atoms with E-state index in [-0.39, 0.29) is 17.4 Å². The van der Waals surface area contributed by atoms with Gasteiger partial charge in [-0.3, -0.25) is 4.79 Å². The van der Waals surface area contributed by atoms with E-state index < -0.39 is 0 Å². The summed E-state index contributed by atoms with van der Waals surface area (Å²) in [5.74, 6) is 0.165. The van der Waals surface area contributed by atoms with Crippen molar-refractivity contribution in [3.63, 3.8) is 0 Å². The average Bonchev–Trinajstić information content (AvgIpc) is 2.62. The van der Waals surface area contributed by atoms with Gasteiger partial charge in [0.05, 0.1) is 0 Å². The summed E-state index contributed by atoms with van der Waals surface area (Å²) in [5.41, 5.74) is 3.61. The molecule has 1 saturated heterocycles. The van der Waals surface area contributed by atoms with E-state index in [2.05, 4.69) is 31.4 Å². The lowest BCUT2D eigenvalue weighted by Gasteiger charge is -2.26. The fraction of sp³-hybridized carbons (Fsp3) is 0.364. The van der Waals surface area contributed by atoms with Gasteiger partial charge >= 0.3 is 6.03 Å². The van der Waals surface area contributed by atoms with Crippen LogP contribution in [0.15, 0.2) is 48.5 Å². The Morgan fingerprint density at radius 3 is 1.96 bits per heavy atom. The molecule has 0 aromatic heterocycles. The van der Waals surface area contributed by atoms with Crippen molar-refractivity contribution < 1.29 is 9.59 Å². The first kappa shape index (κ1) is 19.0. The average molecular weight is 365 g/mol. The second kappa shape index (κ2) is 7.82. The zero-order chi connectivity index (χ0) is 19.4. The molecular weight excluding hydrogens is 338 g/mol. The Morgan fingerprint density at radius 2 is 1.44 bits per heavy atom. The predicted octanol–water partition coefficient (Wildman–Crippen LogP) is 5.15. The highest BCUT2D eigenvalue weighted by Gasteiger charge is 2.19. The summed E-state index contributed by atoms with van der Waals surface area (Å²) >= 11 is 0. The van der Waals surface area contributed by atoms with Gasteiger partial charge in [0.15, 0.2) is 0 Å². The molecule has 1 aliphatic rings. The molecule has 5 nitrogen and oxygen atoms in total. The molecule has 3 rings (SSSR count). The first-order valence-electron chi connectivity index (χ1n) is 9.42. The Balaban J connectivity index is 1.58. The van der Waals surface area contributed by atoms with E-state index in [0.29, 0.717) is 12.1 Å². The number of urea groups is 1. The maximum atomic E-state index is 12.2. The molecule has 2 N–H and O–H groups in total. The molecule has 1 fully saturated rings. The number of carbonyl (C=O) groups is 2. The van der Waals surface area contributed by atoms with Gasteiger partial charge in [-0.05, 0) is 60.2 Å². The number of amides is 3. The van der Waals surface area contributed by atoms with Gasteiger partial charge in [0.2, 0.25) is 5.91 Å². The molecule has 0 bridgehead atoms. The maximum absolute atomic E-state index is 12.2. The highest BCUT2D eigenvalue weighted by Crippen LogP contribution is 2.24. The van der Waals surface area contributed by atoms with Crippen LogP contribution in [0, 0.1) is 0 Å². The molecule has 2 aromatic rings. The molecule has 0 saturated carbocycles. The van der Waals surface area contributed by atoms with Crippen LogP contribution in [0.5, 0.6) is 0 Å². The largest absolute Gasteiger partial charge is 0.323 e. The van der Waals surface area contributed by atoms with E-state index in [1.807, 2.05) is 53.4 Å². The van der Waals surface area contributed by atoms with Crippen molar-refractivity contribution >= 4 is 29.0 Å². The van der Waals surface area contributed by atoms with Gasteiger partial charge in [0.1, 0.15) is 0 Å². The molecular formula is C22H27N3O2. The van der Waals surface area contributed by atoms with Crippen LogP contribution in [0.4, 0.5) is 21.9 Å². The van der Waals surface area contributed by atoms with Crippen molar-refractivity contribution in [2.45, 2.75) is 45.4 Å². The van der Waals surface area contributed by atoms with Gasteiger partial charge in [-0.2, -0.15) is 0 Å². The van der Waals surface area contributed by atoms with Gasteiger partial charge in [-0.25, -0.2) is 4.79 Å². The van der Waals surface area contributed by atoms with Crippen molar-refractivity contribution in [3.8, 4) is 0 Å². The second-order valence-corrected chi connectivity index (χ2v) is 7.96. The van der Waals surface area contributed by atoms with Crippen LogP contribution < -0.4 is 15.5 Å². The molecule has 0 aliphatic carbocycles. The van der Waals surface area contributed by atoms with Crippen molar-refractivity contribution in [3.05, 3.63) is 54.1 Å². The van der Waals surface area contributed by atoms with Gasteiger partial charge < -0.3 is 15.5 Å². The van der Waals surface area contributed by atoms with Crippen LogP contribution in [0.3, 0.4) is 0 Å². The summed E-state index contributed by atoms with van der Waals surface area (Å²) in [6.07, 6.45) is 2.60. The topological polar surface area (TPSA) is 61.4 Å². The van der Waals surface area contributed by atoms with Crippen molar-refractivity contribution in [1.29, 1.82) is 0 Å². The minimum Gasteiger partial charge on any atom is -0.312 e. The number of hydrogen-bond donors (Lipinski definition) is 2. The molecule has 0 spiro atoms. The highest BCUT2D eigenvalue weighted by atomic mass is 16.2. The molecule has 1 aliphatic heterocycles. The minimum atomic E-state index is -0.291. The molecule has 2 aromatic carbocycles. The molecule has 1 heterocycles. The maximum Gasteiger partial charge on any atom is 0.323 e. The molecule has 5 heteroatoms. The standard InChI is InChI=1S/C22H27N3O2/c1-22(2,3)16-7-9-17(10-8-16)23-21(27)24-18-11-13-19(14-12-18)25-15-5-4-6-20(25)26/h7-14H,4-6,15H2,1-3H3,(H2,23,24,27). The number of hydrogen-bond acceptors (Lipinski definition) is 2.